The first kappa shape index (κ1) is 15.3. The predicted molar refractivity (Wildman–Crippen MR) is 89.8 cm³/mol. The zero-order valence-electron chi connectivity index (χ0n) is 13.3. The summed E-state index contributed by atoms with van der Waals surface area (Å²) in [5.74, 6) is 0.899. The van der Waals surface area contributed by atoms with Gasteiger partial charge in [0.2, 0.25) is 0 Å². The number of hydrogen-bond donors (Lipinski definition) is 1. The molecule has 0 radical (unpaired) electrons. The molecule has 5 heteroatoms. The minimum atomic E-state index is -0.711. The summed E-state index contributed by atoms with van der Waals surface area (Å²) in [5.41, 5.74) is 1.71. The predicted octanol–water partition coefficient (Wildman–Crippen LogP) is 4.96. The molecule has 2 saturated carbocycles. The van der Waals surface area contributed by atoms with Crippen LogP contribution in [-0.4, -0.2) is 29.2 Å². The van der Waals surface area contributed by atoms with E-state index in [0.29, 0.717) is 29.9 Å². The smallest absolute Gasteiger partial charge is 0.318 e. The van der Waals surface area contributed by atoms with Crippen LogP contribution in [0, 0.1) is 5.92 Å². The highest BCUT2D eigenvalue weighted by Crippen LogP contribution is 2.43. The third-order valence-corrected chi connectivity index (χ3v) is 6.03. The van der Waals surface area contributed by atoms with Gasteiger partial charge < -0.3 is 10.2 Å². The maximum absolute atomic E-state index is 13.1. The van der Waals surface area contributed by atoms with Gasteiger partial charge in [0, 0.05) is 22.8 Å². The molecule has 3 nitrogen and oxygen atoms in total. The van der Waals surface area contributed by atoms with Gasteiger partial charge in [0.15, 0.2) is 0 Å². The van der Waals surface area contributed by atoms with Crippen LogP contribution in [0.4, 0.5) is 14.9 Å². The standard InChI is InChI=1S/C18H22ClFN2O/c1-10-4-14-9-15(5-10)22(14)18(23)21-13-2-3-17(19)16(8-13)11-6-12(20)7-11/h2-3,8,10-12,14-15H,4-7,9H2,1H3,(H,21,23). The van der Waals surface area contributed by atoms with E-state index in [1.54, 1.807) is 6.07 Å². The molecule has 2 atom stereocenters. The van der Waals surface area contributed by atoms with Crippen molar-refractivity contribution < 1.29 is 9.18 Å². The number of hydrogen-bond acceptors (Lipinski definition) is 1. The number of halogens is 2. The molecule has 4 aliphatic rings. The molecule has 1 aromatic rings. The lowest BCUT2D eigenvalue weighted by Crippen LogP contribution is -2.63. The molecule has 1 N–H and O–H groups in total. The Bertz CT molecular complexity index is 619. The van der Waals surface area contributed by atoms with Gasteiger partial charge in [-0.1, -0.05) is 18.5 Å². The fourth-order valence-electron chi connectivity index (χ4n) is 4.40. The molecular formula is C18H22ClFN2O. The van der Waals surface area contributed by atoms with Crippen LogP contribution in [-0.2, 0) is 0 Å². The average molecular weight is 337 g/mol. The average Bonchev–Trinajstić information content (AvgIpc) is 2.45. The quantitative estimate of drug-likeness (QED) is 0.813. The highest BCUT2D eigenvalue weighted by Gasteiger charge is 2.46. The Hall–Kier alpha value is -1.29. The zero-order valence-corrected chi connectivity index (χ0v) is 14.0. The molecule has 2 amide bonds. The summed E-state index contributed by atoms with van der Waals surface area (Å²) in [5, 5.41) is 3.67. The first-order chi connectivity index (χ1) is 11.0. The monoisotopic (exact) mass is 336 g/mol. The van der Waals surface area contributed by atoms with Gasteiger partial charge >= 0.3 is 6.03 Å². The molecule has 1 aromatic carbocycles. The van der Waals surface area contributed by atoms with Crippen LogP contribution >= 0.6 is 11.6 Å². The normalized spacial score (nSPS) is 35.3. The van der Waals surface area contributed by atoms with Gasteiger partial charge in [-0.3, -0.25) is 0 Å². The molecule has 2 aliphatic heterocycles. The van der Waals surface area contributed by atoms with Crippen molar-refractivity contribution >= 4 is 23.3 Å². The number of alkyl halides is 1. The SMILES string of the molecule is CC1CC2CC(C1)N2C(=O)Nc1ccc(Cl)c(C2CC(F)C2)c1. The lowest BCUT2D eigenvalue weighted by Gasteiger charge is -2.54. The second-order valence-corrected chi connectivity index (χ2v) is 7.87. The van der Waals surface area contributed by atoms with E-state index in [1.165, 1.54) is 0 Å². The fraction of sp³-hybridized carbons (Fsp3) is 0.611. The number of anilines is 1. The number of nitrogens with zero attached hydrogens (tertiary/aromatic N) is 1. The highest BCUT2D eigenvalue weighted by molar-refractivity contribution is 6.31. The van der Waals surface area contributed by atoms with Gasteiger partial charge in [-0.15, -0.1) is 0 Å². The van der Waals surface area contributed by atoms with Crippen LogP contribution in [0.5, 0.6) is 0 Å². The zero-order chi connectivity index (χ0) is 16.1. The summed E-state index contributed by atoms with van der Waals surface area (Å²) >= 11 is 6.24. The summed E-state index contributed by atoms with van der Waals surface area (Å²) < 4.78 is 13.1. The second-order valence-electron chi connectivity index (χ2n) is 7.46. The molecule has 0 spiro atoms. The van der Waals surface area contributed by atoms with Gasteiger partial charge in [-0.2, -0.15) is 0 Å². The summed E-state index contributed by atoms with van der Waals surface area (Å²) in [6, 6.07) is 6.33. The Morgan fingerprint density at radius 2 is 1.91 bits per heavy atom. The fourth-order valence-corrected chi connectivity index (χ4v) is 4.67. The van der Waals surface area contributed by atoms with Crippen molar-refractivity contribution in [2.24, 2.45) is 5.92 Å². The van der Waals surface area contributed by atoms with Crippen molar-refractivity contribution in [3.63, 3.8) is 0 Å². The number of carbonyl (C=O) groups excluding carboxylic acids is 1. The van der Waals surface area contributed by atoms with E-state index in [2.05, 4.69) is 12.2 Å². The second kappa shape index (κ2) is 5.66. The minimum absolute atomic E-state index is 0.0107. The number of nitrogens with one attached hydrogen (secondary N) is 1. The van der Waals surface area contributed by atoms with Crippen LogP contribution in [0.1, 0.15) is 50.5 Å². The number of benzene rings is 1. The number of fused-ring (bicyclic) bond motifs is 2. The Morgan fingerprint density at radius 3 is 2.57 bits per heavy atom. The molecule has 2 bridgehead atoms. The number of piperidine rings is 1. The molecule has 2 heterocycles. The molecule has 124 valence electrons. The van der Waals surface area contributed by atoms with E-state index in [0.717, 1.165) is 36.4 Å². The van der Waals surface area contributed by atoms with Crippen molar-refractivity contribution in [2.75, 3.05) is 5.32 Å². The molecule has 5 rings (SSSR count). The first-order valence-electron chi connectivity index (χ1n) is 8.54. The van der Waals surface area contributed by atoms with Crippen LogP contribution in [0.3, 0.4) is 0 Å². The molecule has 2 saturated heterocycles. The third-order valence-electron chi connectivity index (χ3n) is 5.68. The molecule has 2 unspecified atom stereocenters. The van der Waals surface area contributed by atoms with Crippen molar-refractivity contribution in [3.05, 3.63) is 28.8 Å². The largest absolute Gasteiger partial charge is 0.322 e. The van der Waals surface area contributed by atoms with Crippen molar-refractivity contribution in [2.45, 2.75) is 63.2 Å². The number of rotatable bonds is 2. The van der Waals surface area contributed by atoms with E-state index < -0.39 is 6.17 Å². The maximum Gasteiger partial charge on any atom is 0.322 e. The molecule has 0 aromatic heterocycles. The lowest BCUT2D eigenvalue weighted by atomic mass is 9.74. The molecule has 2 aliphatic carbocycles. The number of urea groups is 1. The van der Waals surface area contributed by atoms with Crippen LogP contribution < -0.4 is 5.32 Å². The van der Waals surface area contributed by atoms with Crippen molar-refractivity contribution in [1.82, 2.24) is 4.90 Å². The summed E-state index contributed by atoms with van der Waals surface area (Å²) in [4.78, 5) is 14.5. The van der Waals surface area contributed by atoms with E-state index in [9.17, 15) is 9.18 Å². The van der Waals surface area contributed by atoms with Gasteiger partial charge in [-0.05, 0) is 67.7 Å². The van der Waals surface area contributed by atoms with Crippen molar-refractivity contribution in [1.29, 1.82) is 0 Å². The number of amides is 2. The van der Waals surface area contributed by atoms with Crippen molar-refractivity contribution in [3.8, 4) is 0 Å². The Labute approximate surface area is 141 Å². The molecule has 23 heavy (non-hydrogen) atoms. The molecular weight excluding hydrogens is 315 g/mol. The van der Waals surface area contributed by atoms with Crippen LogP contribution in [0.15, 0.2) is 18.2 Å². The number of carbonyl (C=O) groups is 1. The topological polar surface area (TPSA) is 32.3 Å². The summed E-state index contributed by atoms with van der Waals surface area (Å²) in [6.45, 7) is 2.26. The van der Waals surface area contributed by atoms with E-state index in [1.807, 2.05) is 17.0 Å². The third kappa shape index (κ3) is 2.71. The Morgan fingerprint density at radius 1 is 1.22 bits per heavy atom. The van der Waals surface area contributed by atoms with E-state index >= 15 is 0 Å². The first-order valence-corrected chi connectivity index (χ1v) is 8.92. The minimum Gasteiger partial charge on any atom is -0.318 e. The van der Waals surface area contributed by atoms with Crippen LogP contribution in [0.25, 0.3) is 0 Å². The maximum atomic E-state index is 13.1. The summed E-state index contributed by atoms with van der Waals surface area (Å²) in [7, 11) is 0. The highest BCUT2D eigenvalue weighted by atomic mass is 35.5. The summed E-state index contributed by atoms with van der Waals surface area (Å²) in [6.07, 6.45) is 3.71. The van der Waals surface area contributed by atoms with Crippen LogP contribution in [0.2, 0.25) is 5.02 Å². The lowest BCUT2D eigenvalue weighted by molar-refractivity contribution is -0.00601. The van der Waals surface area contributed by atoms with Gasteiger partial charge in [-0.25, -0.2) is 9.18 Å². The molecule has 4 fully saturated rings. The Balaban J connectivity index is 1.45. The Kier molecular flexibility index (Phi) is 3.75. The van der Waals surface area contributed by atoms with E-state index in [4.69, 9.17) is 11.6 Å². The van der Waals surface area contributed by atoms with E-state index in [-0.39, 0.29) is 11.9 Å². The van der Waals surface area contributed by atoms with Gasteiger partial charge in [0.1, 0.15) is 6.17 Å². The van der Waals surface area contributed by atoms with Gasteiger partial charge in [0.25, 0.3) is 0 Å². The van der Waals surface area contributed by atoms with Gasteiger partial charge in [0.05, 0.1) is 0 Å².